The fraction of sp³-hybridized carbons (Fsp3) is 0.316. The molecule has 0 unspecified atom stereocenters. The first-order chi connectivity index (χ1) is 12.8. The van der Waals surface area contributed by atoms with E-state index in [4.69, 9.17) is 0 Å². The summed E-state index contributed by atoms with van der Waals surface area (Å²) in [6.45, 7) is 0. The Morgan fingerprint density at radius 2 is 1.74 bits per heavy atom. The van der Waals surface area contributed by atoms with Crippen LogP contribution in [0.5, 0.6) is 0 Å². The molecule has 27 heavy (non-hydrogen) atoms. The molecule has 1 saturated carbocycles. The Labute approximate surface area is 153 Å². The van der Waals surface area contributed by atoms with Crippen LogP contribution < -0.4 is 5.32 Å². The summed E-state index contributed by atoms with van der Waals surface area (Å²) in [7, 11) is 0. The van der Waals surface area contributed by atoms with Crippen molar-refractivity contribution < 1.29 is 22.9 Å². The second-order valence-electron chi connectivity index (χ2n) is 6.51. The van der Waals surface area contributed by atoms with E-state index in [9.17, 15) is 28.1 Å². The molecular weight excluding hydrogens is 361 g/mol. The lowest BCUT2D eigenvalue weighted by Gasteiger charge is -2.22. The lowest BCUT2D eigenvalue weighted by molar-refractivity contribution is -0.385. The monoisotopic (exact) mass is 378 g/mol. The molecule has 2 aromatic rings. The van der Waals surface area contributed by atoms with Crippen LogP contribution in [0.3, 0.4) is 0 Å². The number of benzene rings is 2. The molecule has 142 valence electrons. The summed E-state index contributed by atoms with van der Waals surface area (Å²) in [5.41, 5.74) is -0.308. The van der Waals surface area contributed by atoms with E-state index in [0.29, 0.717) is 12.0 Å². The Bertz CT molecular complexity index is 850. The minimum atomic E-state index is -4.39. The maximum absolute atomic E-state index is 12.7. The zero-order chi connectivity index (χ0) is 19.6. The van der Waals surface area contributed by atoms with Crippen molar-refractivity contribution in [2.75, 3.05) is 0 Å². The number of amides is 1. The number of hydrogen-bond acceptors (Lipinski definition) is 3. The van der Waals surface area contributed by atoms with Crippen molar-refractivity contribution in [3.63, 3.8) is 0 Å². The predicted molar refractivity (Wildman–Crippen MR) is 92.4 cm³/mol. The summed E-state index contributed by atoms with van der Waals surface area (Å²) in [5, 5.41) is 13.9. The minimum absolute atomic E-state index is 0.0273. The second kappa shape index (κ2) is 7.38. The standard InChI is InChI=1S/C19H17F3N2O3/c20-19(21,22)13-10-8-12(9-11-13)14-5-3-6-16(14)23-18(25)15-4-1-2-7-17(15)24(26)27/h1-2,4,7-11,14,16H,3,5-6H2,(H,23,25)/t14-,16-/m1/s1. The van der Waals surface area contributed by atoms with Gasteiger partial charge in [0.25, 0.3) is 11.6 Å². The van der Waals surface area contributed by atoms with Gasteiger partial charge in [0.1, 0.15) is 5.56 Å². The molecule has 3 rings (SSSR count). The third kappa shape index (κ3) is 4.10. The molecule has 2 aromatic carbocycles. The molecule has 0 heterocycles. The molecule has 1 N–H and O–H groups in total. The molecule has 0 radical (unpaired) electrons. The highest BCUT2D eigenvalue weighted by molar-refractivity contribution is 5.98. The second-order valence-corrected chi connectivity index (χ2v) is 6.51. The topological polar surface area (TPSA) is 72.2 Å². The molecule has 8 heteroatoms. The van der Waals surface area contributed by atoms with E-state index >= 15 is 0 Å². The molecule has 0 saturated heterocycles. The van der Waals surface area contributed by atoms with E-state index in [2.05, 4.69) is 5.32 Å². The zero-order valence-electron chi connectivity index (χ0n) is 14.2. The minimum Gasteiger partial charge on any atom is -0.348 e. The van der Waals surface area contributed by atoms with Crippen LogP contribution in [0.4, 0.5) is 18.9 Å². The average molecular weight is 378 g/mol. The number of nitrogens with zero attached hydrogens (tertiary/aromatic N) is 1. The smallest absolute Gasteiger partial charge is 0.348 e. The molecular formula is C19H17F3N2O3. The van der Waals surface area contributed by atoms with Crippen molar-refractivity contribution in [1.29, 1.82) is 0 Å². The van der Waals surface area contributed by atoms with Gasteiger partial charge in [-0.15, -0.1) is 0 Å². The van der Waals surface area contributed by atoms with Gasteiger partial charge in [-0.25, -0.2) is 0 Å². The van der Waals surface area contributed by atoms with Gasteiger partial charge in [0, 0.05) is 18.0 Å². The Morgan fingerprint density at radius 1 is 1.07 bits per heavy atom. The number of halogens is 3. The molecule has 0 aromatic heterocycles. The molecule has 5 nitrogen and oxygen atoms in total. The quantitative estimate of drug-likeness (QED) is 0.620. The summed E-state index contributed by atoms with van der Waals surface area (Å²) in [6.07, 6.45) is -2.19. The van der Waals surface area contributed by atoms with Crippen molar-refractivity contribution in [2.45, 2.75) is 37.4 Å². The van der Waals surface area contributed by atoms with Crippen LogP contribution in [0.15, 0.2) is 48.5 Å². The molecule has 0 spiro atoms. The van der Waals surface area contributed by atoms with Crippen molar-refractivity contribution in [2.24, 2.45) is 0 Å². The van der Waals surface area contributed by atoms with Gasteiger partial charge in [-0.05, 0) is 36.6 Å². The third-order valence-electron chi connectivity index (χ3n) is 4.84. The van der Waals surface area contributed by atoms with E-state index < -0.39 is 22.6 Å². The van der Waals surface area contributed by atoms with Gasteiger partial charge in [0.15, 0.2) is 0 Å². The lowest BCUT2D eigenvalue weighted by atomic mass is 9.93. The van der Waals surface area contributed by atoms with Gasteiger partial charge in [-0.1, -0.05) is 30.7 Å². The van der Waals surface area contributed by atoms with Crippen molar-refractivity contribution in [3.8, 4) is 0 Å². The van der Waals surface area contributed by atoms with Crippen LogP contribution in [-0.4, -0.2) is 16.9 Å². The van der Waals surface area contributed by atoms with E-state index in [0.717, 1.165) is 25.0 Å². The first-order valence-electron chi connectivity index (χ1n) is 8.49. The Balaban J connectivity index is 1.77. The highest BCUT2D eigenvalue weighted by Gasteiger charge is 2.33. The molecule has 1 amide bonds. The highest BCUT2D eigenvalue weighted by atomic mass is 19.4. The number of nitro benzene ring substituents is 1. The van der Waals surface area contributed by atoms with Crippen molar-refractivity contribution in [3.05, 3.63) is 75.3 Å². The van der Waals surface area contributed by atoms with Crippen LogP contribution in [0.2, 0.25) is 0 Å². The van der Waals surface area contributed by atoms with Crippen molar-refractivity contribution in [1.82, 2.24) is 5.32 Å². The number of alkyl halides is 3. The van der Waals surface area contributed by atoms with Crippen LogP contribution in [0, 0.1) is 10.1 Å². The molecule has 0 aliphatic heterocycles. The van der Waals surface area contributed by atoms with Crippen LogP contribution in [0.1, 0.15) is 46.7 Å². The summed E-state index contributed by atoms with van der Waals surface area (Å²) in [5.74, 6) is -0.676. The summed E-state index contributed by atoms with van der Waals surface area (Å²) >= 11 is 0. The molecule has 2 atom stereocenters. The Kier molecular flexibility index (Phi) is 5.16. The summed E-state index contributed by atoms with van der Waals surface area (Å²) < 4.78 is 38.2. The van der Waals surface area contributed by atoms with E-state index in [1.54, 1.807) is 6.07 Å². The summed E-state index contributed by atoms with van der Waals surface area (Å²) in [6, 6.07) is 10.3. The fourth-order valence-corrected chi connectivity index (χ4v) is 3.52. The maximum Gasteiger partial charge on any atom is 0.416 e. The molecule has 1 fully saturated rings. The number of nitro groups is 1. The fourth-order valence-electron chi connectivity index (χ4n) is 3.52. The zero-order valence-corrected chi connectivity index (χ0v) is 14.2. The van der Waals surface area contributed by atoms with E-state index in [1.807, 2.05) is 0 Å². The van der Waals surface area contributed by atoms with E-state index in [1.165, 1.54) is 30.3 Å². The largest absolute Gasteiger partial charge is 0.416 e. The first kappa shape index (κ1) is 18.9. The maximum atomic E-state index is 12.7. The first-order valence-corrected chi connectivity index (χ1v) is 8.49. The number of carbonyl (C=O) groups is 1. The van der Waals surface area contributed by atoms with Gasteiger partial charge < -0.3 is 5.32 Å². The number of para-hydroxylation sites is 1. The average Bonchev–Trinajstić information content (AvgIpc) is 3.09. The predicted octanol–water partition coefficient (Wildman–Crippen LogP) is 4.68. The Hall–Kier alpha value is -2.90. The van der Waals surface area contributed by atoms with E-state index in [-0.39, 0.29) is 23.2 Å². The van der Waals surface area contributed by atoms with Crippen molar-refractivity contribution >= 4 is 11.6 Å². The van der Waals surface area contributed by atoms with Gasteiger partial charge in [0.05, 0.1) is 10.5 Å². The highest BCUT2D eigenvalue weighted by Crippen LogP contribution is 2.37. The van der Waals surface area contributed by atoms with Gasteiger partial charge in [-0.2, -0.15) is 13.2 Å². The van der Waals surface area contributed by atoms with Crippen LogP contribution in [-0.2, 0) is 6.18 Å². The Morgan fingerprint density at radius 3 is 2.37 bits per heavy atom. The summed E-state index contributed by atoms with van der Waals surface area (Å²) in [4.78, 5) is 23.0. The third-order valence-corrected chi connectivity index (χ3v) is 4.84. The van der Waals surface area contributed by atoms with Crippen LogP contribution >= 0.6 is 0 Å². The number of carbonyl (C=O) groups excluding carboxylic acids is 1. The number of nitrogens with one attached hydrogen (secondary N) is 1. The lowest BCUT2D eigenvalue weighted by Crippen LogP contribution is -2.36. The molecule has 0 bridgehead atoms. The van der Waals surface area contributed by atoms with Crippen LogP contribution in [0.25, 0.3) is 0 Å². The number of hydrogen-bond donors (Lipinski definition) is 1. The number of rotatable bonds is 4. The SMILES string of the molecule is O=C(N[C@@H]1CCC[C@@H]1c1ccc(C(F)(F)F)cc1)c1ccccc1[N+](=O)[O-]. The molecule has 1 aliphatic rings. The van der Waals surface area contributed by atoms with Gasteiger partial charge >= 0.3 is 6.18 Å². The molecule has 1 aliphatic carbocycles. The van der Waals surface area contributed by atoms with Gasteiger partial charge in [0.2, 0.25) is 0 Å². The normalized spacial score (nSPS) is 19.7. The van der Waals surface area contributed by atoms with Gasteiger partial charge in [-0.3, -0.25) is 14.9 Å².